The van der Waals surface area contributed by atoms with Crippen molar-refractivity contribution in [2.75, 3.05) is 6.54 Å². The average Bonchev–Trinajstić information content (AvgIpc) is 3.37. The van der Waals surface area contributed by atoms with Gasteiger partial charge in [-0.2, -0.15) is 0 Å². The number of carbonyl (C=O) groups is 4. The lowest BCUT2D eigenvalue weighted by atomic mass is 9.85. The topological polar surface area (TPSA) is 80.8 Å². The minimum absolute atomic E-state index is 0.0964. The van der Waals surface area contributed by atoms with Crippen molar-refractivity contribution in [1.29, 1.82) is 0 Å². The molecule has 2 amide bonds. The van der Waals surface area contributed by atoms with Crippen molar-refractivity contribution < 1.29 is 23.9 Å². The molecule has 4 rings (SSSR count). The molecule has 1 saturated heterocycles. The maximum absolute atomic E-state index is 12.6. The van der Waals surface area contributed by atoms with E-state index in [1.54, 1.807) is 12.1 Å². The second-order valence-corrected chi connectivity index (χ2v) is 7.81. The van der Waals surface area contributed by atoms with Crippen molar-refractivity contribution in [3.63, 3.8) is 0 Å². The molecule has 5 atom stereocenters. The van der Waals surface area contributed by atoms with Crippen LogP contribution in [0.5, 0.6) is 0 Å². The summed E-state index contributed by atoms with van der Waals surface area (Å²) in [6, 6.07) is 7.15. The number of hydrogen-bond donors (Lipinski definition) is 0. The van der Waals surface area contributed by atoms with Crippen LogP contribution >= 0.6 is 0 Å². The first-order valence-corrected chi connectivity index (χ1v) is 9.77. The molecule has 1 aromatic rings. The number of imide groups is 1. The highest BCUT2D eigenvalue weighted by molar-refractivity contribution is 6.08. The smallest absolute Gasteiger partial charge is 0.326 e. The zero-order valence-electron chi connectivity index (χ0n) is 16.0. The SMILES string of the molecule is CCc1ccc(C(=O)C(C)OC(=O)CN2C(=O)C3C4C=CC(C4)C3C2=O)cc1. The predicted octanol–water partition coefficient (Wildman–Crippen LogP) is 2.17. The number of hydrogen-bond acceptors (Lipinski definition) is 5. The molecule has 146 valence electrons. The number of ether oxygens (including phenoxy) is 1. The summed E-state index contributed by atoms with van der Waals surface area (Å²) in [7, 11) is 0. The van der Waals surface area contributed by atoms with Gasteiger partial charge in [-0.25, -0.2) is 0 Å². The van der Waals surface area contributed by atoms with Gasteiger partial charge in [0, 0.05) is 5.56 Å². The van der Waals surface area contributed by atoms with Gasteiger partial charge >= 0.3 is 5.97 Å². The summed E-state index contributed by atoms with van der Waals surface area (Å²) < 4.78 is 5.22. The van der Waals surface area contributed by atoms with Crippen molar-refractivity contribution in [2.45, 2.75) is 32.8 Å². The highest BCUT2D eigenvalue weighted by atomic mass is 16.5. The number of likely N-dealkylation sites (tertiary alicyclic amines) is 1. The Balaban J connectivity index is 1.37. The Morgan fingerprint density at radius 2 is 1.64 bits per heavy atom. The lowest BCUT2D eigenvalue weighted by molar-refractivity contribution is -0.155. The van der Waals surface area contributed by atoms with E-state index in [-0.39, 0.29) is 41.3 Å². The van der Waals surface area contributed by atoms with Crippen molar-refractivity contribution in [1.82, 2.24) is 4.90 Å². The van der Waals surface area contributed by atoms with Crippen molar-refractivity contribution in [3.8, 4) is 0 Å². The number of amides is 2. The molecule has 2 aliphatic carbocycles. The van der Waals surface area contributed by atoms with Gasteiger partial charge in [-0.1, -0.05) is 43.3 Å². The van der Waals surface area contributed by atoms with Gasteiger partial charge in [0.2, 0.25) is 17.6 Å². The summed E-state index contributed by atoms with van der Waals surface area (Å²) in [6.45, 7) is 3.09. The van der Waals surface area contributed by atoms with Crippen LogP contribution in [0.25, 0.3) is 0 Å². The van der Waals surface area contributed by atoms with Crippen molar-refractivity contribution in [3.05, 3.63) is 47.5 Å². The zero-order chi connectivity index (χ0) is 20.0. The summed E-state index contributed by atoms with van der Waals surface area (Å²) in [6.07, 6.45) is 4.74. The van der Waals surface area contributed by atoms with E-state index in [0.29, 0.717) is 5.56 Å². The first kappa shape index (κ1) is 18.6. The first-order valence-electron chi connectivity index (χ1n) is 9.77. The number of carbonyl (C=O) groups excluding carboxylic acids is 4. The summed E-state index contributed by atoms with van der Waals surface area (Å²) in [5.41, 5.74) is 1.57. The number of rotatable bonds is 6. The van der Waals surface area contributed by atoms with Crippen LogP contribution in [0, 0.1) is 23.7 Å². The van der Waals surface area contributed by atoms with E-state index in [0.717, 1.165) is 23.3 Å². The number of fused-ring (bicyclic) bond motifs is 5. The molecule has 5 unspecified atom stereocenters. The molecule has 3 aliphatic rings. The Morgan fingerprint density at radius 3 is 2.18 bits per heavy atom. The number of nitrogens with zero attached hydrogens (tertiary/aromatic N) is 1. The number of aryl methyl sites for hydroxylation is 1. The summed E-state index contributed by atoms with van der Waals surface area (Å²) in [5.74, 6) is -2.13. The van der Waals surface area contributed by atoms with E-state index in [1.165, 1.54) is 6.92 Å². The van der Waals surface area contributed by atoms with Gasteiger partial charge in [-0.15, -0.1) is 0 Å². The fraction of sp³-hybridized carbons (Fsp3) is 0.455. The van der Waals surface area contributed by atoms with Crippen LogP contribution in [0.15, 0.2) is 36.4 Å². The van der Waals surface area contributed by atoms with E-state index in [2.05, 4.69) is 0 Å². The van der Waals surface area contributed by atoms with E-state index in [4.69, 9.17) is 4.74 Å². The summed E-state index contributed by atoms with van der Waals surface area (Å²) >= 11 is 0. The normalized spacial score (nSPS) is 28.6. The molecule has 0 N–H and O–H groups in total. The second kappa shape index (κ2) is 7.00. The third kappa shape index (κ3) is 2.97. The minimum atomic E-state index is -0.981. The van der Waals surface area contributed by atoms with Crippen LogP contribution in [0.1, 0.15) is 36.2 Å². The number of Topliss-reactive ketones (excluding diaryl/α,β-unsaturated/α-hetero) is 1. The van der Waals surface area contributed by atoms with Crippen LogP contribution in [-0.4, -0.2) is 41.1 Å². The fourth-order valence-corrected chi connectivity index (χ4v) is 4.68. The lowest BCUT2D eigenvalue weighted by Crippen LogP contribution is -2.39. The van der Waals surface area contributed by atoms with Gasteiger partial charge in [0.1, 0.15) is 6.54 Å². The molecule has 6 nitrogen and oxygen atoms in total. The number of allylic oxidation sites excluding steroid dienone is 2. The van der Waals surface area contributed by atoms with Crippen molar-refractivity contribution >= 4 is 23.6 Å². The molecule has 0 spiro atoms. The zero-order valence-corrected chi connectivity index (χ0v) is 16.0. The first-order chi connectivity index (χ1) is 13.4. The maximum Gasteiger partial charge on any atom is 0.326 e. The van der Waals surface area contributed by atoms with E-state index in [9.17, 15) is 19.2 Å². The Hall–Kier alpha value is -2.76. The van der Waals surface area contributed by atoms with Crippen LogP contribution in [0.4, 0.5) is 0 Å². The molecule has 2 fully saturated rings. The van der Waals surface area contributed by atoms with Crippen LogP contribution < -0.4 is 0 Å². The molecule has 0 aromatic heterocycles. The van der Waals surface area contributed by atoms with Crippen LogP contribution in [-0.2, 0) is 25.5 Å². The van der Waals surface area contributed by atoms with Gasteiger partial charge in [0.05, 0.1) is 11.8 Å². The Labute approximate surface area is 163 Å². The highest BCUT2D eigenvalue weighted by Crippen LogP contribution is 2.52. The molecule has 1 aromatic carbocycles. The van der Waals surface area contributed by atoms with Crippen LogP contribution in [0.2, 0.25) is 0 Å². The van der Waals surface area contributed by atoms with Gasteiger partial charge < -0.3 is 4.74 Å². The molecule has 1 heterocycles. The monoisotopic (exact) mass is 381 g/mol. The number of ketones is 1. The molecule has 1 aliphatic heterocycles. The molecule has 1 saturated carbocycles. The minimum Gasteiger partial charge on any atom is -0.453 e. The van der Waals surface area contributed by atoms with Crippen LogP contribution in [0.3, 0.4) is 0 Å². The van der Waals surface area contributed by atoms with Gasteiger partial charge in [0.15, 0.2) is 6.10 Å². The van der Waals surface area contributed by atoms with E-state index < -0.39 is 18.6 Å². The molecule has 28 heavy (non-hydrogen) atoms. The second-order valence-electron chi connectivity index (χ2n) is 7.81. The molecule has 2 bridgehead atoms. The fourth-order valence-electron chi connectivity index (χ4n) is 4.68. The molecule has 0 radical (unpaired) electrons. The summed E-state index contributed by atoms with van der Waals surface area (Å²) in [4.78, 5) is 51.0. The van der Waals surface area contributed by atoms with Gasteiger partial charge in [-0.3, -0.25) is 24.1 Å². The lowest BCUT2D eigenvalue weighted by Gasteiger charge is -2.18. The molecule has 6 heteroatoms. The molecular formula is C22H23NO5. The maximum atomic E-state index is 12.6. The van der Waals surface area contributed by atoms with Crippen molar-refractivity contribution in [2.24, 2.45) is 23.7 Å². The third-order valence-electron chi connectivity index (χ3n) is 6.17. The average molecular weight is 381 g/mol. The Kier molecular flexibility index (Phi) is 4.65. The Morgan fingerprint density at radius 1 is 1.07 bits per heavy atom. The summed E-state index contributed by atoms with van der Waals surface area (Å²) in [5, 5.41) is 0. The Bertz CT molecular complexity index is 841. The van der Waals surface area contributed by atoms with Gasteiger partial charge in [-0.05, 0) is 37.2 Å². The molecular weight excluding hydrogens is 358 g/mol. The largest absolute Gasteiger partial charge is 0.453 e. The standard InChI is InChI=1S/C22H23NO5/c1-3-13-4-6-14(7-5-13)20(25)12(2)28-17(24)11-23-21(26)18-15-8-9-16(10-15)19(18)22(23)27/h4-9,12,15-16,18-19H,3,10-11H2,1-2H3. The van der Waals surface area contributed by atoms with E-state index >= 15 is 0 Å². The van der Waals surface area contributed by atoms with Gasteiger partial charge in [0.25, 0.3) is 0 Å². The third-order valence-corrected chi connectivity index (χ3v) is 6.17. The number of benzene rings is 1. The van der Waals surface area contributed by atoms with E-state index in [1.807, 2.05) is 31.2 Å². The predicted molar refractivity (Wildman–Crippen MR) is 100 cm³/mol. The number of esters is 1. The quantitative estimate of drug-likeness (QED) is 0.327. The highest BCUT2D eigenvalue weighted by Gasteiger charge is 2.59.